The number of hydrogen-bond donors (Lipinski definition) is 1. The van der Waals surface area contributed by atoms with Crippen LogP contribution in [0.4, 0.5) is 0 Å². The average Bonchev–Trinajstić information content (AvgIpc) is 2.38. The van der Waals surface area contributed by atoms with Crippen LogP contribution in [-0.4, -0.2) is 16.6 Å². The van der Waals surface area contributed by atoms with Gasteiger partial charge in [0.15, 0.2) is 0 Å². The lowest BCUT2D eigenvalue weighted by Crippen LogP contribution is -2.17. The van der Waals surface area contributed by atoms with Gasteiger partial charge in [0.1, 0.15) is 0 Å². The maximum Gasteiger partial charge on any atom is 0.0661 e. The zero-order valence-corrected chi connectivity index (χ0v) is 8.93. The lowest BCUT2D eigenvalue weighted by Gasteiger charge is -2.29. The van der Waals surface area contributed by atoms with Crippen LogP contribution in [0.5, 0.6) is 0 Å². The highest BCUT2D eigenvalue weighted by Crippen LogP contribution is 2.33. The van der Waals surface area contributed by atoms with Gasteiger partial charge in [0, 0.05) is 23.7 Å². The van der Waals surface area contributed by atoms with E-state index in [0.29, 0.717) is 0 Å². The monoisotopic (exact) mass is 211 g/mol. The molecule has 0 atom stereocenters. The Labute approximate surface area is 94.8 Å². The first kappa shape index (κ1) is 9.43. The average molecular weight is 211 g/mol. The normalized spacial score (nSPS) is 17.4. The van der Waals surface area contributed by atoms with Crippen LogP contribution in [0.2, 0.25) is 0 Å². The largest absolute Gasteiger partial charge is 0.392 e. The van der Waals surface area contributed by atoms with Crippen LogP contribution in [0.1, 0.15) is 17.5 Å². The molecule has 0 saturated heterocycles. The van der Waals surface area contributed by atoms with Crippen LogP contribution >= 0.6 is 0 Å². The molecule has 1 N–H and O–H groups in total. The maximum absolute atomic E-state index is 9.13. The Kier molecular flexibility index (Phi) is 2.15. The van der Waals surface area contributed by atoms with Crippen LogP contribution in [0.15, 0.2) is 48.3 Å². The molecule has 16 heavy (non-hydrogen) atoms. The fourth-order valence-electron chi connectivity index (χ4n) is 2.17. The first-order valence-corrected chi connectivity index (χ1v) is 5.45. The molecule has 2 heteroatoms. The first-order chi connectivity index (χ1) is 7.88. The van der Waals surface area contributed by atoms with Crippen molar-refractivity contribution in [1.82, 2.24) is 4.90 Å². The predicted octanol–water partition coefficient (Wildman–Crippen LogP) is 2.59. The van der Waals surface area contributed by atoms with E-state index in [4.69, 9.17) is 5.11 Å². The number of benzene rings is 1. The van der Waals surface area contributed by atoms with Crippen LogP contribution < -0.4 is 0 Å². The Morgan fingerprint density at radius 3 is 3.00 bits per heavy atom. The van der Waals surface area contributed by atoms with Gasteiger partial charge in [0.25, 0.3) is 0 Å². The van der Waals surface area contributed by atoms with Crippen molar-refractivity contribution in [2.75, 3.05) is 6.61 Å². The van der Waals surface area contributed by atoms with Gasteiger partial charge in [0.05, 0.1) is 6.61 Å². The molecule has 3 rings (SSSR count). The molecular formula is C14H13NO. The van der Waals surface area contributed by atoms with E-state index in [0.717, 1.165) is 12.0 Å². The predicted molar refractivity (Wildman–Crippen MR) is 65.1 cm³/mol. The summed E-state index contributed by atoms with van der Waals surface area (Å²) in [5.74, 6) is 0. The summed E-state index contributed by atoms with van der Waals surface area (Å²) in [4.78, 5) is 2.08. The maximum atomic E-state index is 9.13. The van der Waals surface area contributed by atoms with Gasteiger partial charge in [-0.05, 0) is 23.6 Å². The second kappa shape index (κ2) is 3.65. The molecule has 2 aliphatic rings. The second-order valence-electron chi connectivity index (χ2n) is 4.05. The summed E-state index contributed by atoms with van der Waals surface area (Å²) in [5, 5.41) is 9.13. The summed E-state index contributed by atoms with van der Waals surface area (Å²) in [6.45, 7) is 0.135. The molecule has 2 heterocycles. The molecule has 1 aromatic rings. The Morgan fingerprint density at radius 2 is 2.12 bits per heavy atom. The third kappa shape index (κ3) is 1.39. The van der Waals surface area contributed by atoms with Gasteiger partial charge in [-0.15, -0.1) is 0 Å². The molecule has 1 aromatic carbocycles. The standard InChI is InChI=1S/C14H13NO/c16-10-11-5-6-14-13-4-2-1-3-12(13)7-8-15(14)9-11/h1-4,6-9,16H,5,10H2. The first-order valence-electron chi connectivity index (χ1n) is 5.45. The molecule has 2 nitrogen and oxygen atoms in total. The number of fused-ring (bicyclic) bond motifs is 3. The molecule has 0 bridgehead atoms. The van der Waals surface area contributed by atoms with Crippen molar-refractivity contribution in [2.45, 2.75) is 6.42 Å². The Balaban J connectivity index is 2.07. The smallest absolute Gasteiger partial charge is 0.0661 e. The Morgan fingerprint density at radius 1 is 1.25 bits per heavy atom. The number of nitrogens with zero attached hydrogens (tertiary/aromatic N) is 1. The minimum atomic E-state index is 0.135. The van der Waals surface area contributed by atoms with E-state index in [1.54, 1.807) is 0 Å². The molecule has 0 aromatic heterocycles. The number of rotatable bonds is 1. The summed E-state index contributed by atoms with van der Waals surface area (Å²) in [6, 6.07) is 8.37. The summed E-state index contributed by atoms with van der Waals surface area (Å²) >= 11 is 0. The number of aliphatic hydroxyl groups excluding tert-OH is 1. The van der Waals surface area contributed by atoms with Crippen molar-refractivity contribution in [3.8, 4) is 0 Å². The molecule has 80 valence electrons. The summed E-state index contributed by atoms with van der Waals surface area (Å²) in [6.07, 6.45) is 9.17. The molecule has 0 aliphatic carbocycles. The molecule has 0 amide bonds. The van der Waals surface area contributed by atoms with E-state index in [1.807, 2.05) is 12.4 Å². The lowest BCUT2D eigenvalue weighted by atomic mass is 9.97. The van der Waals surface area contributed by atoms with Gasteiger partial charge in [0.2, 0.25) is 0 Å². The van der Waals surface area contributed by atoms with Crippen molar-refractivity contribution in [1.29, 1.82) is 0 Å². The van der Waals surface area contributed by atoms with E-state index in [2.05, 4.69) is 41.3 Å². The van der Waals surface area contributed by atoms with Crippen LogP contribution in [0.3, 0.4) is 0 Å². The summed E-state index contributed by atoms with van der Waals surface area (Å²) in [5.41, 5.74) is 4.78. The van der Waals surface area contributed by atoms with Crippen molar-refractivity contribution in [3.05, 3.63) is 59.4 Å². The summed E-state index contributed by atoms with van der Waals surface area (Å²) < 4.78 is 0. The molecule has 2 aliphatic heterocycles. The fraction of sp³-hybridized carbons (Fsp3) is 0.143. The highest BCUT2D eigenvalue weighted by atomic mass is 16.3. The van der Waals surface area contributed by atoms with E-state index >= 15 is 0 Å². The van der Waals surface area contributed by atoms with E-state index in [9.17, 15) is 0 Å². The highest BCUT2D eigenvalue weighted by molar-refractivity contribution is 5.79. The van der Waals surface area contributed by atoms with Gasteiger partial charge < -0.3 is 10.0 Å². The van der Waals surface area contributed by atoms with Gasteiger partial charge in [-0.3, -0.25) is 0 Å². The highest BCUT2D eigenvalue weighted by Gasteiger charge is 2.18. The van der Waals surface area contributed by atoms with Crippen molar-refractivity contribution in [2.24, 2.45) is 0 Å². The molecule has 0 spiro atoms. The quantitative estimate of drug-likeness (QED) is 0.771. The van der Waals surface area contributed by atoms with Crippen LogP contribution in [0.25, 0.3) is 11.8 Å². The number of hydrogen-bond acceptors (Lipinski definition) is 2. The van der Waals surface area contributed by atoms with Crippen LogP contribution in [0, 0.1) is 0 Å². The SMILES string of the molecule is OCC1=CN2C=Cc3ccccc3C2=CC1. The van der Waals surface area contributed by atoms with Gasteiger partial charge in [-0.1, -0.05) is 30.3 Å². The zero-order valence-electron chi connectivity index (χ0n) is 8.93. The molecule has 0 radical (unpaired) electrons. The molecule has 0 saturated carbocycles. The molecule has 0 fully saturated rings. The summed E-state index contributed by atoms with van der Waals surface area (Å²) in [7, 11) is 0. The zero-order chi connectivity index (χ0) is 11.0. The second-order valence-corrected chi connectivity index (χ2v) is 4.05. The Hall–Kier alpha value is -1.80. The van der Waals surface area contributed by atoms with Gasteiger partial charge >= 0.3 is 0 Å². The number of allylic oxidation sites excluding steroid dienone is 1. The third-order valence-electron chi connectivity index (χ3n) is 3.01. The topological polar surface area (TPSA) is 23.5 Å². The molecular weight excluding hydrogens is 198 g/mol. The van der Waals surface area contributed by atoms with Gasteiger partial charge in [-0.25, -0.2) is 0 Å². The minimum absolute atomic E-state index is 0.135. The molecule has 0 unspecified atom stereocenters. The Bertz CT molecular complexity index is 511. The number of aliphatic hydroxyl groups is 1. The lowest BCUT2D eigenvalue weighted by molar-refractivity contribution is 0.326. The minimum Gasteiger partial charge on any atom is -0.392 e. The third-order valence-corrected chi connectivity index (χ3v) is 3.01. The van der Waals surface area contributed by atoms with Crippen molar-refractivity contribution >= 4 is 11.8 Å². The van der Waals surface area contributed by atoms with Crippen molar-refractivity contribution < 1.29 is 5.11 Å². The fourth-order valence-corrected chi connectivity index (χ4v) is 2.17. The van der Waals surface area contributed by atoms with E-state index in [-0.39, 0.29) is 6.61 Å². The van der Waals surface area contributed by atoms with Gasteiger partial charge in [-0.2, -0.15) is 0 Å². The van der Waals surface area contributed by atoms with E-state index < -0.39 is 0 Å². The van der Waals surface area contributed by atoms with E-state index in [1.165, 1.54) is 16.8 Å². The van der Waals surface area contributed by atoms with Crippen LogP contribution in [-0.2, 0) is 0 Å². The van der Waals surface area contributed by atoms with Crippen molar-refractivity contribution in [3.63, 3.8) is 0 Å².